The lowest BCUT2D eigenvalue weighted by molar-refractivity contribution is -0.137. The van der Waals surface area contributed by atoms with Gasteiger partial charge in [-0.1, -0.05) is 36.4 Å². The van der Waals surface area contributed by atoms with Gasteiger partial charge >= 0.3 is 6.18 Å². The fourth-order valence-corrected chi connectivity index (χ4v) is 3.85. The lowest BCUT2D eigenvalue weighted by Gasteiger charge is -2.15. The maximum atomic E-state index is 13.0. The van der Waals surface area contributed by atoms with E-state index in [1.807, 2.05) is 73.6 Å². The van der Waals surface area contributed by atoms with Crippen LogP contribution < -0.4 is 15.5 Å². The molecule has 0 amide bonds. The molecule has 0 radical (unpaired) electrons. The number of alkyl halides is 3. The van der Waals surface area contributed by atoms with Gasteiger partial charge in [0.25, 0.3) is 0 Å². The van der Waals surface area contributed by atoms with E-state index in [0.717, 1.165) is 29.2 Å². The molecule has 0 aliphatic rings. The predicted octanol–water partition coefficient (Wildman–Crippen LogP) is 6.45. The zero-order chi connectivity index (χ0) is 26.0. The van der Waals surface area contributed by atoms with Crippen molar-refractivity contribution in [1.82, 2.24) is 19.5 Å². The average molecular weight is 504 g/mol. The fourth-order valence-electron chi connectivity index (χ4n) is 3.85. The molecule has 0 bridgehead atoms. The molecule has 7 nitrogen and oxygen atoms in total. The van der Waals surface area contributed by atoms with Gasteiger partial charge in [-0.25, -0.2) is 4.98 Å². The third-order valence-corrected chi connectivity index (χ3v) is 5.75. The first-order valence-corrected chi connectivity index (χ1v) is 11.5. The van der Waals surface area contributed by atoms with Crippen LogP contribution in [0.4, 0.5) is 42.0 Å². The Hall–Kier alpha value is -4.60. The first-order valence-electron chi connectivity index (χ1n) is 11.5. The number of rotatable bonds is 7. The molecule has 0 saturated heterocycles. The number of fused-ring (bicyclic) bond motifs is 1. The first-order chi connectivity index (χ1) is 17.8. The van der Waals surface area contributed by atoms with E-state index in [1.54, 1.807) is 10.9 Å². The topological polar surface area (TPSA) is 70.9 Å². The first kappa shape index (κ1) is 24.1. The maximum Gasteiger partial charge on any atom is 0.416 e. The van der Waals surface area contributed by atoms with Gasteiger partial charge in [-0.3, -0.25) is 0 Å². The summed E-state index contributed by atoms with van der Waals surface area (Å²) in [6, 6.07) is 22.5. The highest BCUT2D eigenvalue weighted by atomic mass is 19.4. The maximum absolute atomic E-state index is 13.0. The molecule has 2 heterocycles. The Morgan fingerprint density at radius 1 is 0.838 bits per heavy atom. The Kier molecular flexibility index (Phi) is 6.39. The van der Waals surface area contributed by atoms with E-state index in [9.17, 15) is 13.2 Å². The molecule has 10 heteroatoms. The number of anilines is 5. The van der Waals surface area contributed by atoms with Gasteiger partial charge in [0, 0.05) is 31.2 Å². The quantitative estimate of drug-likeness (QED) is 0.266. The number of nitrogens with one attached hydrogen (secondary N) is 2. The van der Waals surface area contributed by atoms with Crippen molar-refractivity contribution in [1.29, 1.82) is 0 Å². The average Bonchev–Trinajstić information content (AvgIpc) is 3.27. The van der Waals surface area contributed by atoms with E-state index in [0.29, 0.717) is 35.0 Å². The molecule has 0 aliphatic carbocycles. The van der Waals surface area contributed by atoms with Crippen molar-refractivity contribution >= 4 is 40.0 Å². The summed E-state index contributed by atoms with van der Waals surface area (Å²) in [6.45, 7) is 0.298. The van der Waals surface area contributed by atoms with Gasteiger partial charge in [-0.2, -0.15) is 23.1 Å². The zero-order valence-corrected chi connectivity index (χ0v) is 20.2. The van der Waals surface area contributed by atoms with Crippen molar-refractivity contribution < 1.29 is 13.2 Å². The largest absolute Gasteiger partial charge is 0.416 e. The highest BCUT2D eigenvalue weighted by Gasteiger charge is 2.30. The van der Waals surface area contributed by atoms with E-state index < -0.39 is 11.7 Å². The van der Waals surface area contributed by atoms with E-state index in [2.05, 4.69) is 20.6 Å². The molecule has 2 N–H and O–H groups in total. The van der Waals surface area contributed by atoms with Crippen LogP contribution in [0.1, 0.15) is 11.1 Å². The van der Waals surface area contributed by atoms with Crippen molar-refractivity contribution in [2.45, 2.75) is 12.7 Å². The van der Waals surface area contributed by atoms with Crippen LogP contribution in [-0.4, -0.2) is 33.6 Å². The lowest BCUT2D eigenvalue weighted by Crippen LogP contribution is -2.09. The second-order valence-corrected chi connectivity index (χ2v) is 8.70. The fraction of sp³-hybridized carbons (Fsp3) is 0.148. The molecule has 0 saturated carbocycles. The molecule has 188 valence electrons. The van der Waals surface area contributed by atoms with Gasteiger partial charge in [0.2, 0.25) is 5.95 Å². The number of para-hydroxylation sites is 1. The second-order valence-electron chi connectivity index (χ2n) is 8.70. The van der Waals surface area contributed by atoms with Gasteiger partial charge in [0.15, 0.2) is 17.0 Å². The summed E-state index contributed by atoms with van der Waals surface area (Å²) < 4.78 is 40.7. The van der Waals surface area contributed by atoms with Crippen LogP contribution >= 0.6 is 0 Å². The highest BCUT2D eigenvalue weighted by Crippen LogP contribution is 2.30. The van der Waals surface area contributed by atoms with Crippen LogP contribution in [0.2, 0.25) is 0 Å². The Morgan fingerprint density at radius 2 is 1.57 bits per heavy atom. The molecule has 0 atom stereocenters. The third-order valence-electron chi connectivity index (χ3n) is 5.75. The summed E-state index contributed by atoms with van der Waals surface area (Å²) in [5.74, 6) is 0.865. The highest BCUT2D eigenvalue weighted by molar-refractivity contribution is 5.87. The summed E-state index contributed by atoms with van der Waals surface area (Å²) in [6.07, 6.45) is -2.76. The zero-order valence-electron chi connectivity index (χ0n) is 20.2. The van der Waals surface area contributed by atoms with E-state index >= 15 is 0 Å². The molecule has 3 aromatic carbocycles. The van der Waals surface area contributed by atoms with Crippen LogP contribution in [0.5, 0.6) is 0 Å². The number of hydrogen-bond acceptors (Lipinski definition) is 6. The monoisotopic (exact) mass is 503 g/mol. The SMILES string of the molecule is CN(C)c1cccc(Nc2nc(Nc3ccccc3)c3ncn(Cc4ccc(C(F)(F)F)cc4)c3n2)c1. The third kappa shape index (κ3) is 5.48. The Bertz CT molecular complexity index is 1510. The minimum atomic E-state index is -4.38. The van der Waals surface area contributed by atoms with Crippen molar-refractivity contribution in [2.24, 2.45) is 0 Å². The Labute approximate surface area is 211 Å². The molecule has 37 heavy (non-hydrogen) atoms. The standard InChI is InChI=1S/C27H24F3N7/c1-36(2)22-10-6-9-21(15-22)33-26-34-24(32-20-7-4-3-5-8-20)23-25(35-26)37(17-31-23)16-18-11-13-19(14-12-18)27(28,29)30/h3-15,17H,16H2,1-2H3,(H2,32,33,34,35). The lowest BCUT2D eigenvalue weighted by atomic mass is 10.1. The van der Waals surface area contributed by atoms with Gasteiger partial charge in [-0.15, -0.1) is 0 Å². The smallest absolute Gasteiger partial charge is 0.378 e. The van der Waals surface area contributed by atoms with Gasteiger partial charge in [-0.05, 0) is 48.0 Å². The van der Waals surface area contributed by atoms with E-state index in [-0.39, 0.29) is 0 Å². The Morgan fingerprint density at radius 3 is 2.27 bits per heavy atom. The second kappa shape index (κ2) is 9.81. The molecular formula is C27H24F3N7. The predicted molar refractivity (Wildman–Crippen MR) is 140 cm³/mol. The van der Waals surface area contributed by atoms with E-state index in [4.69, 9.17) is 4.98 Å². The molecule has 2 aromatic heterocycles. The number of imidazole rings is 1. The normalized spacial score (nSPS) is 11.5. The molecule has 0 fully saturated rings. The molecule has 5 aromatic rings. The van der Waals surface area contributed by atoms with Crippen LogP contribution in [0.25, 0.3) is 11.2 Å². The molecule has 0 aliphatic heterocycles. The summed E-state index contributed by atoms with van der Waals surface area (Å²) in [7, 11) is 3.92. The molecule has 0 spiro atoms. The van der Waals surface area contributed by atoms with Crippen LogP contribution in [0.15, 0.2) is 85.2 Å². The van der Waals surface area contributed by atoms with Crippen LogP contribution in [0.3, 0.4) is 0 Å². The number of nitrogens with zero attached hydrogens (tertiary/aromatic N) is 5. The van der Waals surface area contributed by atoms with Gasteiger partial charge < -0.3 is 20.1 Å². The Balaban J connectivity index is 1.52. The van der Waals surface area contributed by atoms with Crippen molar-refractivity contribution in [2.75, 3.05) is 29.6 Å². The minimum absolute atomic E-state index is 0.298. The van der Waals surface area contributed by atoms with Crippen LogP contribution in [0, 0.1) is 0 Å². The summed E-state index contributed by atoms with van der Waals surface area (Å²) in [4.78, 5) is 15.9. The molecule has 0 unspecified atom stereocenters. The molecular weight excluding hydrogens is 479 g/mol. The van der Waals surface area contributed by atoms with Crippen molar-refractivity contribution in [3.63, 3.8) is 0 Å². The number of benzene rings is 3. The van der Waals surface area contributed by atoms with Gasteiger partial charge in [0.1, 0.15) is 0 Å². The van der Waals surface area contributed by atoms with E-state index in [1.165, 1.54) is 12.1 Å². The summed E-state index contributed by atoms with van der Waals surface area (Å²) in [5, 5.41) is 6.57. The summed E-state index contributed by atoms with van der Waals surface area (Å²) in [5.41, 5.74) is 3.75. The minimum Gasteiger partial charge on any atom is -0.378 e. The number of halogens is 3. The number of hydrogen-bond donors (Lipinski definition) is 2. The molecule has 5 rings (SSSR count). The summed E-state index contributed by atoms with van der Waals surface area (Å²) >= 11 is 0. The van der Waals surface area contributed by atoms with Crippen molar-refractivity contribution in [3.05, 3.63) is 96.3 Å². The van der Waals surface area contributed by atoms with Crippen molar-refractivity contribution in [3.8, 4) is 0 Å². The number of aromatic nitrogens is 4. The van der Waals surface area contributed by atoms with Crippen LogP contribution in [-0.2, 0) is 12.7 Å². The van der Waals surface area contributed by atoms with Gasteiger partial charge in [0.05, 0.1) is 18.4 Å².